The van der Waals surface area contributed by atoms with Crippen molar-refractivity contribution in [2.24, 2.45) is 0 Å². The second kappa shape index (κ2) is 8.43. The average Bonchev–Trinajstić information content (AvgIpc) is 2.69. The number of methoxy groups -OCH3 is 1. The van der Waals surface area contributed by atoms with Gasteiger partial charge >= 0.3 is 0 Å². The number of nitrogens with zero attached hydrogens (tertiary/aromatic N) is 1. The number of hydrogen-bond acceptors (Lipinski definition) is 4. The van der Waals surface area contributed by atoms with Crippen molar-refractivity contribution in [1.29, 1.82) is 0 Å². The van der Waals surface area contributed by atoms with Crippen molar-refractivity contribution < 1.29 is 14.6 Å². The maximum Gasteiger partial charge on any atom is 0.263 e. The summed E-state index contributed by atoms with van der Waals surface area (Å²) in [6.45, 7) is 2.21. The number of ether oxygens (including phenoxy) is 1. The molecule has 0 unspecified atom stereocenters. The fraction of sp³-hybridized carbons (Fsp3) is 0.182. The third kappa shape index (κ3) is 4.23. The first-order valence-electron chi connectivity index (χ1n) is 8.92. The number of amides is 1. The van der Waals surface area contributed by atoms with Crippen molar-refractivity contribution >= 4 is 11.6 Å². The van der Waals surface area contributed by atoms with E-state index in [2.05, 4.69) is 5.32 Å². The van der Waals surface area contributed by atoms with E-state index in [4.69, 9.17) is 4.74 Å². The maximum atomic E-state index is 12.9. The lowest BCUT2D eigenvalue weighted by Gasteiger charge is -2.12. The maximum absolute atomic E-state index is 12.9. The number of phenolic OH excluding ortho intramolecular Hbond substituents is 1. The van der Waals surface area contributed by atoms with Crippen LogP contribution >= 0.6 is 0 Å². The van der Waals surface area contributed by atoms with Crippen LogP contribution in [0.1, 0.15) is 21.5 Å². The molecule has 2 N–H and O–H groups in total. The number of hydrogen-bond donors (Lipinski definition) is 2. The van der Waals surface area contributed by atoms with Gasteiger partial charge in [-0.25, -0.2) is 0 Å². The SMILES string of the molecule is COc1cc(NC(=O)c2c(C)ccn(CCc3ccccc3)c2=O)ccc1O. The molecule has 2 aromatic carbocycles. The monoisotopic (exact) mass is 378 g/mol. The summed E-state index contributed by atoms with van der Waals surface area (Å²) in [6, 6.07) is 16.1. The van der Waals surface area contributed by atoms with E-state index in [0.29, 0.717) is 24.2 Å². The summed E-state index contributed by atoms with van der Waals surface area (Å²) < 4.78 is 6.59. The van der Waals surface area contributed by atoms with Gasteiger partial charge in [0, 0.05) is 24.5 Å². The van der Waals surface area contributed by atoms with Crippen molar-refractivity contribution in [1.82, 2.24) is 4.57 Å². The van der Waals surface area contributed by atoms with E-state index in [0.717, 1.165) is 5.56 Å². The van der Waals surface area contributed by atoms with Crippen molar-refractivity contribution in [2.45, 2.75) is 19.9 Å². The zero-order chi connectivity index (χ0) is 20.1. The number of rotatable bonds is 6. The topological polar surface area (TPSA) is 80.6 Å². The Kier molecular flexibility index (Phi) is 5.79. The van der Waals surface area contributed by atoms with Crippen molar-refractivity contribution in [3.8, 4) is 11.5 Å². The van der Waals surface area contributed by atoms with E-state index in [1.807, 2.05) is 30.3 Å². The molecule has 0 bridgehead atoms. The van der Waals surface area contributed by atoms with Gasteiger partial charge in [-0.1, -0.05) is 30.3 Å². The lowest BCUT2D eigenvalue weighted by Crippen LogP contribution is -2.30. The lowest BCUT2D eigenvalue weighted by atomic mass is 10.1. The molecular formula is C22H22N2O4. The second-order valence-corrected chi connectivity index (χ2v) is 6.45. The molecule has 6 heteroatoms. The van der Waals surface area contributed by atoms with Crippen LogP contribution in [0.25, 0.3) is 0 Å². The number of phenols is 1. The predicted octanol–water partition coefficient (Wildman–Crippen LogP) is 3.37. The first kappa shape index (κ1) is 19.2. The van der Waals surface area contributed by atoms with Gasteiger partial charge in [0.15, 0.2) is 11.5 Å². The molecule has 0 aliphatic rings. The third-order valence-corrected chi connectivity index (χ3v) is 4.52. The second-order valence-electron chi connectivity index (χ2n) is 6.45. The third-order valence-electron chi connectivity index (χ3n) is 4.52. The standard InChI is InChI=1S/C22H22N2O4/c1-15-10-12-24(13-11-16-6-4-3-5-7-16)22(27)20(15)21(26)23-17-8-9-18(25)19(14-17)28-2/h3-10,12,14,25H,11,13H2,1-2H3,(H,23,26). The predicted molar refractivity (Wildman–Crippen MR) is 108 cm³/mol. The van der Waals surface area contributed by atoms with Crippen LogP contribution in [-0.4, -0.2) is 22.7 Å². The Balaban J connectivity index is 1.82. The summed E-state index contributed by atoms with van der Waals surface area (Å²) >= 11 is 0. The Morgan fingerprint density at radius 3 is 2.61 bits per heavy atom. The molecule has 0 fully saturated rings. The molecule has 28 heavy (non-hydrogen) atoms. The normalized spacial score (nSPS) is 10.5. The number of aromatic nitrogens is 1. The van der Waals surface area contributed by atoms with Crippen LogP contribution in [0, 0.1) is 6.92 Å². The van der Waals surface area contributed by atoms with E-state index < -0.39 is 5.91 Å². The molecule has 0 spiro atoms. The number of carbonyl (C=O) groups excluding carboxylic acids is 1. The zero-order valence-corrected chi connectivity index (χ0v) is 15.8. The number of aryl methyl sites for hydroxylation is 3. The number of carbonyl (C=O) groups is 1. The Morgan fingerprint density at radius 2 is 1.89 bits per heavy atom. The quantitative estimate of drug-likeness (QED) is 0.645. The van der Waals surface area contributed by atoms with Crippen LogP contribution < -0.4 is 15.6 Å². The van der Waals surface area contributed by atoms with Gasteiger partial charge in [0.25, 0.3) is 11.5 Å². The van der Waals surface area contributed by atoms with Gasteiger partial charge in [0.05, 0.1) is 7.11 Å². The minimum atomic E-state index is -0.496. The zero-order valence-electron chi connectivity index (χ0n) is 15.8. The minimum absolute atomic E-state index is 0.0281. The van der Waals surface area contributed by atoms with E-state index in [-0.39, 0.29) is 22.6 Å². The summed E-state index contributed by atoms with van der Waals surface area (Å²) in [5, 5.41) is 12.4. The number of anilines is 1. The molecule has 0 saturated carbocycles. The number of benzene rings is 2. The summed E-state index contributed by atoms with van der Waals surface area (Å²) in [5.41, 5.74) is 1.92. The van der Waals surface area contributed by atoms with Crippen molar-refractivity contribution in [3.63, 3.8) is 0 Å². The van der Waals surface area contributed by atoms with Crippen LogP contribution in [0.3, 0.4) is 0 Å². The molecule has 1 aromatic heterocycles. The van der Waals surface area contributed by atoms with Gasteiger partial charge in [-0.2, -0.15) is 0 Å². The Morgan fingerprint density at radius 1 is 1.14 bits per heavy atom. The summed E-state index contributed by atoms with van der Waals surface area (Å²) in [5.74, 6) is -0.285. The van der Waals surface area contributed by atoms with E-state index in [9.17, 15) is 14.7 Å². The van der Waals surface area contributed by atoms with Gasteiger partial charge < -0.3 is 19.7 Å². The van der Waals surface area contributed by atoms with E-state index in [1.165, 1.54) is 19.2 Å². The van der Waals surface area contributed by atoms with Gasteiger partial charge in [0.1, 0.15) is 5.56 Å². The smallest absolute Gasteiger partial charge is 0.263 e. The first-order chi connectivity index (χ1) is 13.5. The summed E-state index contributed by atoms with van der Waals surface area (Å²) in [4.78, 5) is 25.6. The number of aromatic hydroxyl groups is 1. The number of nitrogens with one attached hydrogen (secondary N) is 1. The Labute approximate surface area is 163 Å². The van der Waals surface area contributed by atoms with Crippen LogP contribution in [0.5, 0.6) is 11.5 Å². The molecule has 1 heterocycles. The molecule has 0 aliphatic carbocycles. The minimum Gasteiger partial charge on any atom is -0.504 e. The van der Waals surface area contributed by atoms with Crippen LogP contribution in [0.15, 0.2) is 65.6 Å². The highest BCUT2D eigenvalue weighted by atomic mass is 16.5. The molecule has 0 radical (unpaired) electrons. The van der Waals surface area contributed by atoms with Gasteiger partial charge in [0.2, 0.25) is 0 Å². The van der Waals surface area contributed by atoms with Crippen LogP contribution in [-0.2, 0) is 13.0 Å². The van der Waals surface area contributed by atoms with Crippen molar-refractivity contribution in [3.05, 3.63) is 87.8 Å². The Hall–Kier alpha value is -3.54. The van der Waals surface area contributed by atoms with Crippen LogP contribution in [0.2, 0.25) is 0 Å². The van der Waals surface area contributed by atoms with E-state index in [1.54, 1.807) is 29.8 Å². The average molecular weight is 378 g/mol. The largest absolute Gasteiger partial charge is 0.504 e. The first-order valence-corrected chi connectivity index (χ1v) is 8.92. The van der Waals surface area contributed by atoms with E-state index >= 15 is 0 Å². The molecular weight excluding hydrogens is 356 g/mol. The highest BCUT2D eigenvalue weighted by Gasteiger charge is 2.16. The highest BCUT2D eigenvalue weighted by molar-refractivity contribution is 6.05. The van der Waals surface area contributed by atoms with Gasteiger partial charge in [-0.3, -0.25) is 9.59 Å². The highest BCUT2D eigenvalue weighted by Crippen LogP contribution is 2.28. The van der Waals surface area contributed by atoms with Crippen LogP contribution in [0.4, 0.5) is 5.69 Å². The Bertz CT molecular complexity index is 1040. The van der Waals surface area contributed by atoms with Crippen molar-refractivity contribution in [2.75, 3.05) is 12.4 Å². The molecule has 3 rings (SSSR count). The fourth-order valence-corrected chi connectivity index (χ4v) is 2.96. The molecule has 3 aromatic rings. The van der Waals surface area contributed by atoms with Gasteiger partial charge in [-0.15, -0.1) is 0 Å². The molecule has 144 valence electrons. The lowest BCUT2D eigenvalue weighted by molar-refractivity contribution is 0.102. The molecule has 0 saturated heterocycles. The summed E-state index contributed by atoms with van der Waals surface area (Å²) in [6.07, 6.45) is 2.40. The molecule has 0 atom stereocenters. The molecule has 6 nitrogen and oxygen atoms in total. The summed E-state index contributed by atoms with van der Waals surface area (Å²) in [7, 11) is 1.42. The number of pyridine rings is 1. The van der Waals surface area contributed by atoms with Gasteiger partial charge in [-0.05, 0) is 42.7 Å². The molecule has 1 amide bonds. The molecule has 0 aliphatic heterocycles. The fourth-order valence-electron chi connectivity index (χ4n) is 2.96.